The molecule has 7 heteroatoms. The van der Waals surface area contributed by atoms with Crippen LogP contribution in [0.5, 0.6) is 5.75 Å². The molecule has 2 aromatic rings. The number of carbonyl (C=O) groups excluding carboxylic acids is 1. The third-order valence-corrected chi connectivity index (χ3v) is 3.67. The molecule has 138 valence electrons. The summed E-state index contributed by atoms with van der Waals surface area (Å²) in [5.41, 5.74) is 1.03. The quantitative estimate of drug-likeness (QED) is 0.719. The summed E-state index contributed by atoms with van der Waals surface area (Å²) in [6.45, 7) is 2.79. The van der Waals surface area contributed by atoms with Gasteiger partial charge in [0, 0.05) is 17.8 Å². The molecule has 6 nitrogen and oxygen atoms in total. The molecule has 0 atom stereocenters. The minimum absolute atomic E-state index is 0.172. The highest BCUT2D eigenvalue weighted by Gasteiger charge is 2.14. The van der Waals surface area contributed by atoms with E-state index in [0.29, 0.717) is 30.1 Å². The summed E-state index contributed by atoms with van der Waals surface area (Å²) in [4.78, 5) is 24.9. The van der Waals surface area contributed by atoms with E-state index in [4.69, 9.17) is 9.84 Å². The Hall–Kier alpha value is -3.09. The van der Waals surface area contributed by atoms with Crippen LogP contribution in [0.1, 0.15) is 17.3 Å². The van der Waals surface area contributed by atoms with Crippen molar-refractivity contribution in [1.29, 1.82) is 0 Å². The SMILES string of the molecule is CCN(CCOc1ccc(F)cc1)C(=O)c1cccc(NCC(=O)O)c1. The zero-order valence-corrected chi connectivity index (χ0v) is 14.4. The van der Waals surface area contributed by atoms with Crippen LogP contribution in [0.4, 0.5) is 10.1 Å². The minimum atomic E-state index is -0.977. The van der Waals surface area contributed by atoms with Gasteiger partial charge in [0.15, 0.2) is 0 Å². The molecule has 2 rings (SSSR count). The monoisotopic (exact) mass is 360 g/mol. The van der Waals surface area contributed by atoms with Gasteiger partial charge >= 0.3 is 5.97 Å². The first-order valence-electron chi connectivity index (χ1n) is 8.23. The normalized spacial score (nSPS) is 10.2. The molecule has 0 saturated carbocycles. The second kappa shape index (κ2) is 9.41. The second-order valence-corrected chi connectivity index (χ2v) is 5.52. The molecule has 0 saturated heterocycles. The van der Waals surface area contributed by atoms with Gasteiger partial charge in [-0.2, -0.15) is 0 Å². The zero-order chi connectivity index (χ0) is 18.9. The van der Waals surface area contributed by atoms with Gasteiger partial charge in [0.1, 0.15) is 24.7 Å². The predicted octanol–water partition coefficient (Wildman–Crippen LogP) is 2.86. The summed E-state index contributed by atoms with van der Waals surface area (Å²) in [7, 11) is 0. The number of hydrogen-bond acceptors (Lipinski definition) is 4. The van der Waals surface area contributed by atoms with Crippen LogP contribution in [0.3, 0.4) is 0 Å². The van der Waals surface area contributed by atoms with Crippen molar-refractivity contribution in [3.05, 3.63) is 59.9 Å². The van der Waals surface area contributed by atoms with Gasteiger partial charge in [-0.3, -0.25) is 9.59 Å². The van der Waals surface area contributed by atoms with Gasteiger partial charge in [0.2, 0.25) is 0 Å². The molecule has 0 aliphatic heterocycles. The highest BCUT2D eigenvalue weighted by molar-refractivity contribution is 5.95. The lowest BCUT2D eigenvalue weighted by atomic mass is 10.1. The summed E-state index contributed by atoms with van der Waals surface area (Å²) in [6, 6.07) is 12.4. The number of halogens is 1. The Morgan fingerprint density at radius 1 is 1.19 bits per heavy atom. The van der Waals surface area contributed by atoms with Crippen LogP contribution in [0.2, 0.25) is 0 Å². The van der Waals surface area contributed by atoms with Crippen molar-refractivity contribution in [3.8, 4) is 5.75 Å². The molecule has 0 fully saturated rings. The lowest BCUT2D eigenvalue weighted by Gasteiger charge is -2.21. The first kappa shape index (κ1) is 19.2. The number of benzene rings is 2. The van der Waals surface area contributed by atoms with Crippen molar-refractivity contribution in [3.63, 3.8) is 0 Å². The first-order chi connectivity index (χ1) is 12.5. The molecule has 2 N–H and O–H groups in total. The van der Waals surface area contributed by atoms with Crippen molar-refractivity contribution >= 4 is 17.6 Å². The fourth-order valence-electron chi connectivity index (χ4n) is 2.33. The van der Waals surface area contributed by atoms with Crippen LogP contribution in [0.15, 0.2) is 48.5 Å². The Labute approximate surface area is 151 Å². The summed E-state index contributed by atoms with van der Waals surface area (Å²) in [5, 5.41) is 11.5. The number of amides is 1. The van der Waals surface area contributed by atoms with E-state index >= 15 is 0 Å². The maximum Gasteiger partial charge on any atom is 0.322 e. The Balaban J connectivity index is 1.93. The van der Waals surface area contributed by atoms with Crippen LogP contribution in [0, 0.1) is 5.82 Å². The third-order valence-electron chi connectivity index (χ3n) is 3.67. The average Bonchev–Trinajstić information content (AvgIpc) is 2.65. The molecule has 26 heavy (non-hydrogen) atoms. The minimum Gasteiger partial charge on any atom is -0.492 e. The molecule has 0 aliphatic carbocycles. The molecule has 0 aliphatic rings. The lowest BCUT2D eigenvalue weighted by molar-refractivity contribution is -0.134. The van der Waals surface area contributed by atoms with E-state index in [1.54, 1.807) is 29.2 Å². The number of carboxylic acids is 1. The zero-order valence-electron chi connectivity index (χ0n) is 14.4. The number of carbonyl (C=O) groups is 2. The van der Waals surface area contributed by atoms with E-state index in [0.717, 1.165) is 0 Å². The molecule has 0 bridgehead atoms. The topological polar surface area (TPSA) is 78.9 Å². The van der Waals surface area contributed by atoms with Gasteiger partial charge in [-0.25, -0.2) is 4.39 Å². The summed E-state index contributed by atoms with van der Waals surface area (Å²) in [5.74, 6) is -0.946. The lowest BCUT2D eigenvalue weighted by Crippen LogP contribution is -2.34. The maximum absolute atomic E-state index is 12.9. The standard InChI is InChI=1S/C19H21FN2O4/c1-2-22(10-11-26-17-8-6-15(20)7-9-17)19(25)14-4-3-5-16(12-14)21-13-18(23)24/h3-9,12,21H,2,10-11,13H2,1H3,(H,23,24). The Morgan fingerprint density at radius 2 is 1.92 bits per heavy atom. The molecule has 2 aromatic carbocycles. The highest BCUT2D eigenvalue weighted by Crippen LogP contribution is 2.14. The molecule has 0 spiro atoms. The second-order valence-electron chi connectivity index (χ2n) is 5.52. The van der Waals surface area contributed by atoms with Crippen molar-refractivity contribution in [2.45, 2.75) is 6.92 Å². The van der Waals surface area contributed by atoms with E-state index in [1.165, 1.54) is 24.3 Å². The van der Waals surface area contributed by atoms with Crippen LogP contribution in [0.25, 0.3) is 0 Å². The van der Waals surface area contributed by atoms with Crippen LogP contribution in [-0.4, -0.2) is 48.1 Å². The Morgan fingerprint density at radius 3 is 2.58 bits per heavy atom. The smallest absolute Gasteiger partial charge is 0.322 e. The van der Waals surface area contributed by atoms with E-state index < -0.39 is 5.97 Å². The third kappa shape index (κ3) is 5.77. The van der Waals surface area contributed by atoms with E-state index in [-0.39, 0.29) is 24.9 Å². The molecule has 0 heterocycles. The number of likely N-dealkylation sites (N-methyl/N-ethyl adjacent to an activating group) is 1. The predicted molar refractivity (Wildman–Crippen MR) is 96.0 cm³/mol. The number of anilines is 1. The molecular weight excluding hydrogens is 339 g/mol. The van der Waals surface area contributed by atoms with Crippen molar-refractivity contribution in [2.75, 3.05) is 31.6 Å². The van der Waals surface area contributed by atoms with Gasteiger partial charge in [0.05, 0.1) is 6.54 Å². The van der Waals surface area contributed by atoms with Crippen molar-refractivity contribution in [1.82, 2.24) is 4.90 Å². The van der Waals surface area contributed by atoms with Gasteiger partial charge in [-0.15, -0.1) is 0 Å². The fraction of sp³-hybridized carbons (Fsp3) is 0.263. The largest absolute Gasteiger partial charge is 0.492 e. The number of carboxylic acid groups (broad SMARTS) is 1. The molecule has 1 amide bonds. The summed E-state index contributed by atoms with van der Waals surface area (Å²) < 4.78 is 18.4. The van der Waals surface area contributed by atoms with E-state index in [9.17, 15) is 14.0 Å². The molecule has 0 radical (unpaired) electrons. The van der Waals surface area contributed by atoms with Crippen LogP contribution in [-0.2, 0) is 4.79 Å². The van der Waals surface area contributed by atoms with E-state index in [1.807, 2.05) is 6.92 Å². The number of ether oxygens (including phenoxy) is 1. The molecular formula is C19H21FN2O4. The fourth-order valence-corrected chi connectivity index (χ4v) is 2.33. The van der Waals surface area contributed by atoms with Gasteiger partial charge < -0.3 is 20.1 Å². The molecule has 0 unspecified atom stereocenters. The average molecular weight is 360 g/mol. The summed E-state index contributed by atoms with van der Waals surface area (Å²) in [6.07, 6.45) is 0. The first-order valence-corrected chi connectivity index (χ1v) is 8.23. The highest BCUT2D eigenvalue weighted by atomic mass is 19.1. The number of nitrogens with zero attached hydrogens (tertiary/aromatic N) is 1. The molecule has 0 aromatic heterocycles. The maximum atomic E-state index is 12.9. The number of hydrogen-bond donors (Lipinski definition) is 2. The Kier molecular flexibility index (Phi) is 6.96. The van der Waals surface area contributed by atoms with Crippen molar-refractivity contribution < 1.29 is 23.8 Å². The van der Waals surface area contributed by atoms with E-state index in [2.05, 4.69) is 5.32 Å². The van der Waals surface area contributed by atoms with Crippen LogP contribution < -0.4 is 10.1 Å². The number of aliphatic carboxylic acids is 1. The van der Waals surface area contributed by atoms with Crippen molar-refractivity contribution in [2.24, 2.45) is 0 Å². The van der Waals surface area contributed by atoms with Gasteiger partial charge in [-0.1, -0.05) is 6.07 Å². The summed E-state index contributed by atoms with van der Waals surface area (Å²) >= 11 is 0. The van der Waals surface area contributed by atoms with Crippen LogP contribution >= 0.6 is 0 Å². The number of rotatable bonds is 9. The van der Waals surface area contributed by atoms with Gasteiger partial charge in [0.25, 0.3) is 5.91 Å². The number of nitrogens with one attached hydrogen (secondary N) is 1. The van der Waals surface area contributed by atoms with Gasteiger partial charge in [-0.05, 0) is 49.4 Å². The Bertz CT molecular complexity index is 749.